The zero-order valence-corrected chi connectivity index (χ0v) is 13.0. The molecule has 0 spiro atoms. The van der Waals surface area contributed by atoms with Crippen LogP contribution in [0.2, 0.25) is 0 Å². The predicted molar refractivity (Wildman–Crippen MR) is 87.4 cm³/mol. The van der Waals surface area contributed by atoms with Crippen LogP contribution in [0.15, 0.2) is 60.2 Å². The number of aromatic carboxylic acids is 1. The van der Waals surface area contributed by atoms with Gasteiger partial charge in [-0.25, -0.2) is 0 Å². The van der Waals surface area contributed by atoms with E-state index in [1.165, 1.54) is 30.3 Å². The maximum absolute atomic E-state index is 12.2. The monoisotopic (exact) mass is 319 g/mol. The van der Waals surface area contributed by atoms with Gasteiger partial charge in [-0.3, -0.25) is 4.79 Å². The van der Waals surface area contributed by atoms with Gasteiger partial charge in [-0.15, -0.1) is 0 Å². The van der Waals surface area contributed by atoms with E-state index in [1.54, 1.807) is 0 Å². The molecule has 0 aliphatic carbocycles. The van der Waals surface area contributed by atoms with Gasteiger partial charge in [0, 0.05) is 0 Å². The molecule has 0 radical (unpaired) electrons. The number of rotatable bonds is 5. The first-order valence-electron chi connectivity index (χ1n) is 7.30. The quantitative estimate of drug-likeness (QED) is 0.672. The summed E-state index contributed by atoms with van der Waals surface area (Å²) >= 11 is 0. The van der Waals surface area contributed by atoms with E-state index in [4.69, 9.17) is 0 Å². The Morgan fingerprint density at radius 3 is 2.29 bits per heavy atom. The smallest absolute Gasteiger partial charge is 0.262 e. The fourth-order valence-electron chi connectivity index (χ4n) is 2.13. The normalized spacial score (nSPS) is 12.1. The van der Waals surface area contributed by atoms with Crippen LogP contribution < -0.4 is 10.4 Å². The number of hydrogen-bond donors (Lipinski definition) is 1. The largest absolute Gasteiger partial charge is 0.545 e. The summed E-state index contributed by atoms with van der Waals surface area (Å²) in [6, 6.07) is 16.8. The second-order valence-corrected chi connectivity index (χ2v) is 5.19. The molecule has 0 aliphatic heterocycles. The molecular formula is C19H15N2O3-. The summed E-state index contributed by atoms with van der Waals surface area (Å²) in [6.07, 6.45) is 1.41. The second kappa shape index (κ2) is 7.75. The molecule has 0 heterocycles. The van der Waals surface area contributed by atoms with E-state index >= 15 is 0 Å². The number of carboxylic acids is 1. The SMILES string of the molecule is C[C@@H](NC(=O)/C(C#N)=C/c1ccc(C(=O)[O-])cc1)c1ccccc1. The Balaban J connectivity index is 2.13. The molecule has 0 saturated heterocycles. The maximum Gasteiger partial charge on any atom is 0.262 e. The second-order valence-electron chi connectivity index (χ2n) is 5.19. The molecule has 5 nitrogen and oxygen atoms in total. The molecule has 24 heavy (non-hydrogen) atoms. The van der Waals surface area contributed by atoms with Crippen LogP contribution in [0, 0.1) is 11.3 Å². The number of benzene rings is 2. The standard InChI is InChI=1S/C19H16N2O3/c1-13(15-5-3-2-4-6-15)21-18(22)17(12-20)11-14-7-9-16(10-8-14)19(23)24/h2-11,13H,1H3,(H,21,22)(H,23,24)/p-1/b17-11+/t13-/m1/s1. The third-order valence-electron chi connectivity index (χ3n) is 3.47. The Morgan fingerprint density at radius 2 is 1.75 bits per heavy atom. The van der Waals surface area contributed by atoms with Crippen molar-refractivity contribution in [3.63, 3.8) is 0 Å². The van der Waals surface area contributed by atoms with Crippen molar-refractivity contribution in [1.29, 1.82) is 5.26 Å². The van der Waals surface area contributed by atoms with Crippen molar-refractivity contribution in [2.45, 2.75) is 13.0 Å². The molecule has 5 heteroatoms. The lowest BCUT2D eigenvalue weighted by Gasteiger charge is -2.13. The number of nitriles is 1. The molecule has 120 valence electrons. The molecule has 0 saturated carbocycles. The van der Waals surface area contributed by atoms with Gasteiger partial charge in [0.25, 0.3) is 5.91 Å². The zero-order valence-electron chi connectivity index (χ0n) is 13.0. The van der Waals surface area contributed by atoms with Crippen molar-refractivity contribution in [3.05, 3.63) is 76.9 Å². The summed E-state index contributed by atoms with van der Waals surface area (Å²) in [5.74, 6) is -1.77. The Bertz CT molecular complexity index is 803. The number of amides is 1. The number of carbonyl (C=O) groups excluding carboxylic acids is 2. The number of carbonyl (C=O) groups is 2. The molecule has 1 amide bonds. The van der Waals surface area contributed by atoms with Crippen LogP contribution in [-0.2, 0) is 4.79 Å². The van der Waals surface area contributed by atoms with Gasteiger partial charge in [0.05, 0.1) is 12.0 Å². The summed E-state index contributed by atoms with van der Waals surface area (Å²) in [5.41, 5.74) is 1.47. The number of carboxylic acid groups (broad SMARTS) is 1. The average molecular weight is 319 g/mol. The molecular weight excluding hydrogens is 304 g/mol. The van der Waals surface area contributed by atoms with Gasteiger partial charge in [0.2, 0.25) is 0 Å². The van der Waals surface area contributed by atoms with Crippen LogP contribution in [0.4, 0.5) is 0 Å². The predicted octanol–water partition coefficient (Wildman–Crippen LogP) is 1.83. The van der Waals surface area contributed by atoms with Gasteiger partial charge in [0.15, 0.2) is 0 Å². The van der Waals surface area contributed by atoms with Crippen LogP contribution in [0.1, 0.15) is 34.5 Å². The van der Waals surface area contributed by atoms with Crippen molar-refractivity contribution in [3.8, 4) is 6.07 Å². The van der Waals surface area contributed by atoms with Gasteiger partial charge in [-0.2, -0.15) is 5.26 Å². The van der Waals surface area contributed by atoms with E-state index in [0.29, 0.717) is 5.56 Å². The van der Waals surface area contributed by atoms with Gasteiger partial charge < -0.3 is 15.2 Å². The van der Waals surface area contributed by atoms with Crippen LogP contribution in [-0.4, -0.2) is 11.9 Å². The minimum absolute atomic E-state index is 0.0350. The molecule has 0 bridgehead atoms. The Hall–Kier alpha value is -3.39. The van der Waals surface area contributed by atoms with Crippen LogP contribution in [0.5, 0.6) is 0 Å². The fourth-order valence-corrected chi connectivity index (χ4v) is 2.13. The van der Waals surface area contributed by atoms with Crippen molar-refractivity contribution in [2.24, 2.45) is 0 Å². The van der Waals surface area contributed by atoms with Gasteiger partial charge >= 0.3 is 0 Å². The molecule has 1 N–H and O–H groups in total. The first-order chi connectivity index (χ1) is 11.5. The summed E-state index contributed by atoms with van der Waals surface area (Å²) in [6.45, 7) is 1.83. The first-order valence-corrected chi connectivity index (χ1v) is 7.30. The molecule has 2 aromatic rings. The molecule has 0 aromatic heterocycles. The molecule has 1 atom stereocenters. The van der Waals surface area contributed by atoms with Crippen LogP contribution in [0.3, 0.4) is 0 Å². The Morgan fingerprint density at radius 1 is 1.12 bits per heavy atom. The lowest BCUT2D eigenvalue weighted by atomic mass is 10.1. The number of hydrogen-bond acceptors (Lipinski definition) is 4. The highest BCUT2D eigenvalue weighted by atomic mass is 16.4. The van der Waals surface area contributed by atoms with E-state index < -0.39 is 11.9 Å². The molecule has 2 aromatic carbocycles. The topological polar surface area (TPSA) is 93.0 Å². The van der Waals surface area contributed by atoms with E-state index in [2.05, 4.69) is 5.32 Å². The summed E-state index contributed by atoms with van der Waals surface area (Å²) in [5, 5.41) is 22.7. The van der Waals surface area contributed by atoms with E-state index in [9.17, 15) is 20.0 Å². The van der Waals surface area contributed by atoms with Gasteiger partial charge in [-0.1, -0.05) is 54.6 Å². The summed E-state index contributed by atoms with van der Waals surface area (Å²) in [4.78, 5) is 22.9. The first kappa shape index (κ1) is 17.0. The maximum atomic E-state index is 12.2. The highest BCUT2D eigenvalue weighted by molar-refractivity contribution is 6.02. The van der Waals surface area contributed by atoms with E-state index in [-0.39, 0.29) is 17.2 Å². The minimum Gasteiger partial charge on any atom is -0.545 e. The zero-order chi connectivity index (χ0) is 17.5. The lowest BCUT2D eigenvalue weighted by Crippen LogP contribution is -2.27. The van der Waals surface area contributed by atoms with Crippen molar-refractivity contribution < 1.29 is 14.7 Å². The number of nitrogens with zero attached hydrogens (tertiary/aromatic N) is 1. The lowest BCUT2D eigenvalue weighted by molar-refractivity contribution is -0.255. The molecule has 0 aliphatic rings. The van der Waals surface area contributed by atoms with Gasteiger partial charge in [0.1, 0.15) is 11.6 Å². The Kier molecular flexibility index (Phi) is 5.48. The van der Waals surface area contributed by atoms with Gasteiger partial charge in [-0.05, 0) is 29.7 Å². The Labute approximate surface area is 139 Å². The third kappa shape index (κ3) is 4.31. The summed E-state index contributed by atoms with van der Waals surface area (Å²) in [7, 11) is 0. The minimum atomic E-state index is -1.28. The fraction of sp³-hybridized carbons (Fsp3) is 0.105. The molecule has 0 unspecified atom stereocenters. The molecule has 0 fully saturated rings. The highest BCUT2D eigenvalue weighted by Crippen LogP contribution is 2.13. The summed E-state index contributed by atoms with van der Waals surface area (Å²) < 4.78 is 0. The van der Waals surface area contributed by atoms with Crippen molar-refractivity contribution >= 4 is 18.0 Å². The highest BCUT2D eigenvalue weighted by Gasteiger charge is 2.13. The van der Waals surface area contributed by atoms with Crippen LogP contribution >= 0.6 is 0 Å². The number of nitrogens with one attached hydrogen (secondary N) is 1. The molecule has 2 rings (SSSR count). The average Bonchev–Trinajstić information content (AvgIpc) is 2.60. The van der Waals surface area contributed by atoms with E-state index in [0.717, 1.165) is 5.56 Å². The third-order valence-corrected chi connectivity index (χ3v) is 3.47. The van der Waals surface area contributed by atoms with Crippen molar-refractivity contribution in [1.82, 2.24) is 5.32 Å². The van der Waals surface area contributed by atoms with Crippen molar-refractivity contribution in [2.75, 3.05) is 0 Å². The van der Waals surface area contributed by atoms with E-state index in [1.807, 2.05) is 43.3 Å². The van der Waals surface area contributed by atoms with Crippen LogP contribution in [0.25, 0.3) is 6.08 Å².